The van der Waals surface area contributed by atoms with Crippen molar-refractivity contribution in [2.45, 2.75) is 65.7 Å². The number of aromatic carboxylic acids is 1. The highest BCUT2D eigenvalue weighted by Crippen LogP contribution is 2.23. The molecule has 0 heterocycles. The van der Waals surface area contributed by atoms with Gasteiger partial charge in [-0.3, -0.25) is 0 Å². The highest BCUT2D eigenvalue weighted by Gasteiger charge is 2.15. The Morgan fingerprint density at radius 1 is 1.15 bits per heavy atom. The number of carboxylic acids is 1. The zero-order chi connectivity index (χ0) is 15.0. The highest BCUT2D eigenvalue weighted by atomic mass is 16.4. The minimum absolute atomic E-state index is 0.479. The molecule has 0 aliphatic heterocycles. The Balaban J connectivity index is 2.80. The van der Waals surface area contributed by atoms with E-state index in [1.165, 1.54) is 38.5 Å². The normalized spacial score (nSPS) is 12.3. The van der Waals surface area contributed by atoms with Crippen LogP contribution in [0.4, 0.5) is 0 Å². The fourth-order valence-corrected chi connectivity index (χ4v) is 2.85. The van der Waals surface area contributed by atoms with Gasteiger partial charge in [-0.05, 0) is 30.9 Å². The SMILES string of the molecule is CCCCCC(CCC)Cc1cc(C)ccc1C(=O)O. The molecule has 20 heavy (non-hydrogen) atoms. The lowest BCUT2D eigenvalue weighted by Gasteiger charge is -2.18. The van der Waals surface area contributed by atoms with Gasteiger partial charge in [0.1, 0.15) is 0 Å². The second-order valence-corrected chi connectivity index (χ2v) is 5.82. The lowest BCUT2D eigenvalue weighted by molar-refractivity contribution is 0.0695. The van der Waals surface area contributed by atoms with Gasteiger partial charge >= 0.3 is 5.97 Å². The van der Waals surface area contributed by atoms with Crippen LogP contribution in [0, 0.1) is 12.8 Å². The number of unbranched alkanes of at least 4 members (excludes halogenated alkanes) is 2. The first-order valence-corrected chi connectivity index (χ1v) is 7.91. The Kier molecular flexibility index (Phi) is 7.35. The number of hydrogen-bond donors (Lipinski definition) is 1. The van der Waals surface area contributed by atoms with Gasteiger partial charge in [-0.1, -0.05) is 70.1 Å². The first-order chi connectivity index (χ1) is 9.58. The van der Waals surface area contributed by atoms with Crippen molar-refractivity contribution in [1.82, 2.24) is 0 Å². The Hall–Kier alpha value is -1.31. The summed E-state index contributed by atoms with van der Waals surface area (Å²) in [5.74, 6) is -0.185. The summed E-state index contributed by atoms with van der Waals surface area (Å²) in [6.45, 7) is 6.46. The molecule has 1 rings (SSSR count). The molecule has 0 bridgehead atoms. The van der Waals surface area contributed by atoms with Crippen LogP contribution in [0.1, 0.15) is 73.9 Å². The van der Waals surface area contributed by atoms with Crippen molar-refractivity contribution in [3.8, 4) is 0 Å². The van der Waals surface area contributed by atoms with E-state index >= 15 is 0 Å². The quantitative estimate of drug-likeness (QED) is 0.627. The molecule has 1 aromatic rings. The van der Waals surface area contributed by atoms with Crippen molar-refractivity contribution in [1.29, 1.82) is 0 Å². The molecule has 1 aromatic carbocycles. The summed E-state index contributed by atoms with van der Waals surface area (Å²) in [5, 5.41) is 9.31. The minimum atomic E-state index is -0.802. The molecule has 2 nitrogen and oxygen atoms in total. The van der Waals surface area contributed by atoms with Crippen LogP contribution < -0.4 is 0 Å². The highest BCUT2D eigenvalue weighted by molar-refractivity contribution is 5.89. The maximum Gasteiger partial charge on any atom is 0.335 e. The summed E-state index contributed by atoms with van der Waals surface area (Å²) in [5.41, 5.74) is 2.63. The van der Waals surface area contributed by atoms with Crippen molar-refractivity contribution in [3.63, 3.8) is 0 Å². The molecule has 0 saturated carbocycles. The summed E-state index contributed by atoms with van der Waals surface area (Å²) in [4.78, 5) is 11.3. The molecule has 1 atom stereocenters. The van der Waals surface area contributed by atoms with E-state index in [1.807, 2.05) is 19.1 Å². The van der Waals surface area contributed by atoms with Crippen LogP contribution in [0.3, 0.4) is 0 Å². The van der Waals surface area contributed by atoms with Crippen LogP contribution >= 0.6 is 0 Å². The van der Waals surface area contributed by atoms with Crippen molar-refractivity contribution in [2.24, 2.45) is 5.92 Å². The van der Waals surface area contributed by atoms with E-state index in [1.54, 1.807) is 6.07 Å². The molecule has 0 radical (unpaired) electrons. The second-order valence-electron chi connectivity index (χ2n) is 5.82. The Bertz CT molecular complexity index is 423. The molecule has 0 aliphatic rings. The van der Waals surface area contributed by atoms with E-state index < -0.39 is 5.97 Å². The predicted octanol–water partition coefficient (Wildman–Crippen LogP) is 5.23. The first-order valence-electron chi connectivity index (χ1n) is 7.91. The summed E-state index contributed by atoms with van der Waals surface area (Å²) in [7, 11) is 0. The Labute approximate surface area is 123 Å². The molecule has 112 valence electrons. The third-order valence-electron chi connectivity index (χ3n) is 3.91. The van der Waals surface area contributed by atoms with Gasteiger partial charge in [0, 0.05) is 0 Å². The van der Waals surface area contributed by atoms with E-state index in [9.17, 15) is 9.90 Å². The van der Waals surface area contributed by atoms with Crippen LogP contribution in [0.25, 0.3) is 0 Å². The first kappa shape index (κ1) is 16.7. The van der Waals surface area contributed by atoms with Crippen molar-refractivity contribution in [3.05, 3.63) is 34.9 Å². The lowest BCUT2D eigenvalue weighted by atomic mass is 9.88. The maximum atomic E-state index is 11.3. The van der Waals surface area contributed by atoms with Gasteiger partial charge in [-0.2, -0.15) is 0 Å². The number of rotatable bonds is 9. The van der Waals surface area contributed by atoms with Crippen LogP contribution in [0.2, 0.25) is 0 Å². The number of aryl methyl sites for hydroxylation is 1. The number of carboxylic acid groups (broad SMARTS) is 1. The van der Waals surface area contributed by atoms with Crippen LogP contribution in [-0.4, -0.2) is 11.1 Å². The molecule has 0 spiro atoms. The molecule has 0 fully saturated rings. The molecule has 1 unspecified atom stereocenters. The minimum Gasteiger partial charge on any atom is -0.478 e. The molecular weight excluding hydrogens is 248 g/mol. The van der Waals surface area contributed by atoms with Gasteiger partial charge in [0.2, 0.25) is 0 Å². The zero-order valence-electron chi connectivity index (χ0n) is 13.1. The smallest absolute Gasteiger partial charge is 0.335 e. The molecule has 0 aromatic heterocycles. The third-order valence-corrected chi connectivity index (χ3v) is 3.91. The van der Waals surface area contributed by atoms with Crippen molar-refractivity contribution < 1.29 is 9.90 Å². The van der Waals surface area contributed by atoms with E-state index in [2.05, 4.69) is 13.8 Å². The van der Waals surface area contributed by atoms with Gasteiger partial charge in [-0.25, -0.2) is 4.79 Å². The molecule has 0 amide bonds. The van der Waals surface area contributed by atoms with Gasteiger partial charge in [0.15, 0.2) is 0 Å². The number of hydrogen-bond acceptors (Lipinski definition) is 1. The van der Waals surface area contributed by atoms with Gasteiger partial charge in [0.25, 0.3) is 0 Å². The number of benzene rings is 1. The van der Waals surface area contributed by atoms with Crippen LogP contribution in [-0.2, 0) is 6.42 Å². The largest absolute Gasteiger partial charge is 0.478 e. The fourth-order valence-electron chi connectivity index (χ4n) is 2.85. The van der Waals surface area contributed by atoms with E-state index in [0.29, 0.717) is 11.5 Å². The maximum absolute atomic E-state index is 11.3. The average molecular weight is 276 g/mol. The van der Waals surface area contributed by atoms with Gasteiger partial charge < -0.3 is 5.11 Å². The van der Waals surface area contributed by atoms with Gasteiger partial charge in [0.05, 0.1) is 5.56 Å². The van der Waals surface area contributed by atoms with Crippen molar-refractivity contribution in [2.75, 3.05) is 0 Å². The second kappa shape index (κ2) is 8.78. The summed E-state index contributed by atoms with van der Waals surface area (Å²) < 4.78 is 0. The zero-order valence-corrected chi connectivity index (χ0v) is 13.1. The predicted molar refractivity (Wildman–Crippen MR) is 84.4 cm³/mol. The van der Waals surface area contributed by atoms with Gasteiger partial charge in [-0.15, -0.1) is 0 Å². The molecule has 1 N–H and O–H groups in total. The van der Waals surface area contributed by atoms with E-state index in [4.69, 9.17) is 0 Å². The summed E-state index contributed by atoms with van der Waals surface area (Å²) in [6.07, 6.45) is 8.26. The van der Waals surface area contributed by atoms with E-state index in [-0.39, 0.29) is 0 Å². The van der Waals surface area contributed by atoms with E-state index in [0.717, 1.165) is 17.5 Å². The standard InChI is InChI=1S/C18H28O2/c1-4-6-7-9-15(8-5-2)13-16-12-14(3)10-11-17(16)18(19)20/h10-12,15H,4-9,13H2,1-3H3,(H,19,20). The van der Waals surface area contributed by atoms with Crippen LogP contribution in [0.15, 0.2) is 18.2 Å². The third kappa shape index (κ3) is 5.36. The van der Waals surface area contributed by atoms with Crippen molar-refractivity contribution >= 4 is 5.97 Å². The summed E-state index contributed by atoms with van der Waals surface area (Å²) >= 11 is 0. The molecule has 0 saturated heterocycles. The number of carbonyl (C=O) groups is 1. The monoisotopic (exact) mass is 276 g/mol. The summed E-state index contributed by atoms with van der Waals surface area (Å²) in [6, 6.07) is 5.69. The molecule has 2 heteroatoms. The molecular formula is C18H28O2. The molecule has 0 aliphatic carbocycles. The van der Waals surface area contributed by atoms with Crippen LogP contribution in [0.5, 0.6) is 0 Å². The lowest BCUT2D eigenvalue weighted by Crippen LogP contribution is -2.10. The fraction of sp³-hybridized carbons (Fsp3) is 0.611. The average Bonchev–Trinajstić information content (AvgIpc) is 2.39. The Morgan fingerprint density at radius 3 is 2.50 bits per heavy atom. The Morgan fingerprint density at radius 2 is 1.90 bits per heavy atom. The topological polar surface area (TPSA) is 37.3 Å².